The van der Waals surface area contributed by atoms with Gasteiger partial charge in [-0.25, -0.2) is 0 Å². The molecule has 2 aromatic rings. The van der Waals surface area contributed by atoms with Gasteiger partial charge in [-0.05, 0) is 42.0 Å². The number of aliphatic hydroxyl groups excluding tert-OH is 2. The van der Waals surface area contributed by atoms with Crippen LogP contribution in [0.2, 0.25) is 0 Å². The number of nitro benzene ring substituents is 1. The predicted octanol–water partition coefficient (Wildman–Crippen LogP) is 2.03. The van der Waals surface area contributed by atoms with Crippen molar-refractivity contribution in [2.75, 3.05) is 11.9 Å². The average molecular weight is 346 g/mol. The Morgan fingerprint density at radius 1 is 1.20 bits per heavy atom. The molecule has 0 bridgehead atoms. The number of hydrogen-bond donors (Lipinski definition) is 3. The van der Waals surface area contributed by atoms with E-state index in [0.29, 0.717) is 17.0 Å². The Morgan fingerprint density at radius 2 is 1.80 bits per heavy atom. The van der Waals surface area contributed by atoms with E-state index in [4.69, 9.17) is 4.74 Å². The number of carbonyl (C=O) groups excluding carboxylic acids is 1. The van der Waals surface area contributed by atoms with Crippen LogP contribution in [0.3, 0.4) is 0 Å². The lowest BCUT2D eigenvalue weighted by Crippen LogP contribution is -2.27. The van der Waals surface area contributed by atoms with Crippen molar-refractivity contribution in [3.8, 4) is 5.75 Å². The zero-order valence-electron chi connectivity index (χ0n) is 13.5. The van der Waals surface area contributed by atoms with E-state index in [-0.39, 0.29) is 11.6 Å². The zero-order chi connectivity index (χ0) is 18.4. The van der Waals surface area contributed by atoms with E-state index in [1.54, 1.807) is 24.3 Å². The van der Waals surface area contributed by atoms with Gasteiger partial charge in [-0.3, -0.25) is 14.9 Å². The summed E-state index contributed by atoms with van der Waals surface area (Å²) in [4.78, 5) is 21.2. The Kier molecular flexibility index (Phi) is 6.04. The van der Waals surface area contributed by atoms with E-state index in [2.05, 4.69) is 5.32 Å². The van der Waals surface area contributed by atoms with E-state index in [0.717, 1.165) is 0 Å². The molecule has 0 saturated heterocycles. The molecule has 2 atom stereocenters. The van der Waals surface area contributed by atoms with E-state index >= 15 is 0 Å². The number of carbonyl (C=O) groups is 1. The van der Waals surface area contributed by atoms with Crippen LogP contribution in [0.1, 0.15) is 18.6 Å². The van der Waals surface area contributed by atoms with Crippen LogP contribution >= 0.6 is 0 Å². The highest BCUT2D eigenvalue weighted by molar-refractivity contribution is 5.88. The highest BCUT2D eigenvalue weighted by Crippen LogP contribution is 2.27. The molecule has 0 aliphatic heterocycles. The number of aliphatic hydroxyl groups is 2. The maximum Gasteiger partial charge on any atom is 0.269 e. The minimum atomic E-state index is -1.21. The molecule has 0 aliphatic rings. The minimum Gasteiger partial charge on any atom is -0.483 e. The highest BCUT2D eigenvalue weighted by Gasteiger charge is 2.23. The Labute approximate surface area is 143 Å². The number of benzene rings is 2. The summed E-state index contributed by atoms with van der Waals surface area (Å²) in [6.45, 7) is 0.859. The quantitative estimate of drug-likeness (QED) is 0.521. The molecule has 0 aliphatic carbocycles. The molecule has 25 heavy (non-hydrogen) atoms. The number of rotatable bonds is 7. The van der Waals surface area contributed by atoms with Crippen LogP contribution < -0.4 is 10.1 Å². The number of ether oxygens (including phenoxy) is 1. The third-order valence-electron chi connectivity index (χ3n) is 3.41. The number of nitrogens with zero attached hydrogens (tertiary/aromatic N) is 1. The highest BCUT2D eigenvalue weighted by atomic mass is 16.6. The van der Waals surface area contributed by atoms with Gasteiger partial charge in [0.1, 0.15) is 11.9 Å². The Balaban J connectivity index is 2.20. The van der Waals surface area contributed by atoms with Crippen LogP contribution in [0.25, 0.3) is 0 Å². The topological polar surface area (TPSA) is 122 Å². The van der Waals surface area contributed by atoms with Crippen molar-refractivity contribution < 1.29 is 24.7 Å². The van der Waals surface area contributed by atoms with Gasteiger partial charge in [0.15, 0.2) is 6.10 Å². The van der Waals surface area contributed by atoms with Crippen LogP contribution in [-0.2, 0) is 4.79 Å². The number of anilines is 1. The van der Waals surface area contributed by atoms with Crippen molar-refractivity contribution in [2.24, 2.45) is 0 Å². The fourth-order valence-electron chi connectivity index (χ4n) is 2.22. The molecule has 0 aromatic heterocycles. The largest absolute Gasteiger partial charge is 0.483 e. The lowest BCUT2D eigenvalue weighted by Gasteiger charge is -2.23. The molecule has 0 saturated carbocycles. The molecular weight excluding hydrogens is 328 g/mol. The third-order valence-corrected chi connectivity index (χ3v) is 3.41. The molecule has 0 fully saturated rings. The molecule has 3 N–H and O–H groups in total. The molecular formula is C17H18N2O6. The fraction of sp³-hybridized carbons (Fsp3) is 0.235. The summed E-state index contributed by atoms with van der Waals surface area (Å²) < 4.78 is 5.72. The van der Waals surface area contributed by atoms with Crippen molar-refractivity contribution >= 4 is 17.3 Å². The summed E-state index contributed by atoms with van der Waals surface area (Å²) >= 11 is 0. The average Bonchev–Trinajstić information content (AvgIpc) is 2.60. The lowest BCUT2D eigenvalue weighted by molar-refractivity contribution is -0.384. The first-order chi connectivity index (χ1) is 11.9. The number of nitro groups is 1. The molecule has 0 spiro atoms. The molecule has 8 heteroatoms. The lowest BCUT2D eigenvalue weighted by atomic mass is 10.0. The maximum atomic E-state index is 11.0. The predicted molar refractivity (Wildman–Crippen MR) is 90.3 cm³/mol. The Morgan fingerprint density at radius 3 is 2.28 bits per heavy atom. The van der Waals surface area contributed by atoms with Gasteiger partial charge in [0, 0.05) is 24.7 Å². The summed E-state index contributed by atoms with van der Waals surface area (Å²) in [5.41, 5.74) is 0.994. The molecule has 0 radical (unpaired) electrons. The smallest absolute Gasteiger partial charge is 0.269 e. The first-order valence-corrected chi connectivity index (χ1v) is 7.48. The third kappa shape index (κ3) is 5.00. The number of amides is 1. The van der Waals surface area contributed by atoms with E-state index in [1.165, 1.54) is 31.2 Å². The van der Waals surface area contributed by atoms with E-state index < -0.39 is 23.7 Å². The van der Waals surface area contributed by atoms with Crippen LogP contribution in [0.5, 0.6) is 5.75 Å². The van der Waals surface area contributed by atoms with Gasteiger partial charge in [-0.2, -0.15) is 0 Å². The maximum absolute atomic E-state index is 11.0. The number of non-ortho nitro benzene ring substituents is 1. The van der Waals surface area contributed by atoms with Crippen LogP contribution in [0, 0.1) is 10.1 Å². The monoisotopic (exact) mass is 346 g/mol. The standard InChI is InChI=1S/C17H18N2O6/c1-11(21)18-13-4-8-15(9-5-13)25-17(16(22)10-20)12-2-6-14(7-3-12)19(23)24/h2-9,16-17,20,22H,10H2,1H3,(H,18,21). The first kappa shape index (κ1) is 18.4. The van der Waals surface area contributed by atoms with Gasteiger partial charge in [-0.1, -0.05) is 0 Å². The number of nitrogens with one attached hydrogen (secondary N) is 1. The summed E-state index contributed by atoms with van der Waals surface area (Å²) in [5.74, 6) is 0.207. The summed E-state index contributed by atoms with van der Waals surface area (Å²) in [6, 6.07) is 12.0. The van der Waals surface area contributed by atoms with Gasteiger partial charge in [0.25, 0.3) is 5.69 Å². The van der Waals surface area contributed by atoms with Gasteiger partial charge in [0.2, 0.25) is 5.91 Å². The van der Waals surface area contributed by atoms with Gasteiger partial charge in [0.05, 0.1) is 11.5 Å². The second-order valence-corrected chi connectivity index (χ2v) is 5.34. The summed E-state index contributed by atoms with van der Waals surface area (Å²) in [5, 5.41) is 32.6. The molecule has 8 nitrogen and oxygen atoms in total. The molecule has 2 aromatic carbocycles. The van der Waals surface area contributed by atoms with Crippen LogP contribution in [0.4, 0.5) is 11.4 Å². The summed E-state index contributed by atoms with van der Waals surface area (Å²) in [7, 11) is 0. The summed E-state index contributed by atoms with van der Waals surface area (Å²) in [6.07, 6.45) is -2.12. The van der Waals surface area contributed by atoms with Gasteiger partial charge < -0.3 is 20.3 Å². The molecule has 2 unspecified atom stereocenters. The van der Waals surface area contributed by atoms with E-state index in [1.807, 2.05) is 0 Å². The molecule has 1 amide bonds. The SMILES string of the molecule is CC(=O)Nc1ccc(OC(c2ccc([N+](=O)[O-])cc2)C(O)CO)cc1. The van der Waals surface area contributed by atoms with Crippen molar-refractivity contribution in [1.29, 1.82) is 0 Å². The van der Waals surface area contributed by atoms with Crippen LogP contribution in [0.15, 0.2) is 48.5 Å². The van der Waals surface area contributed by atoms with Crippen molar-refractivity contribution in [3.63, 3.8) is 0 Å². The Hall–Kier alpha value is -2.97. The Bertz CT molecular complexity index is 730. The van der Waals surface area contributed by atoms with Gasteiger partial charge >= 0.3 is 0 Å². The second kappa shape index (κ2) is 8.22. The van der Waals surface area contributed by atoms with Crippen molar-refractivity contribution in [3.05, 3.63) is 64.2 Å². The fourth-order valence-corrected chi connectivity index (χ4v) is 2.22. The van der Waals surface area contributed by atoms with Crippen molar-refractivity contribution in [1.82, 2.24) is 0 Å². The second-order valence-electron chi connectivity index (χ2n) is 5.34. The first-order valence-electron chi connectivity index (χ1n) is 7.48. The van der Waals surface area contributed by atoms with Crippen molar-refractivity contribution in [2.45, 2.75) is 19.1 Å². The molecule has 2 rings (SSSR count). The molecule has 0 heterocycles. The normalized spacial score (nSPS) is 12.9. The van der Waals surface area contributed by atoms with Gasteiger partial charge in [-0.15, -0.1) is 0 Å². The van der Waals surface area contributed by atoms with E-state index in [9.17, 15) is 25.1 Å². The number of hydrogen-bond acceptors (Lipinski definition) is 6. The molecule has 132 valence electrons. The minimum absolute atomic E-state index is 0.0827. The zero-order valence-corrected chi connectivity index (χ0v) is 13.5. The van der Waals surface area contributed by atoms with Crippen LogP contribution in [-0.4, -0.2) is 33.8 Å².